The fourth-order valence-electron chi connectivity index (χ4n) is 1.88. The highest BCUT2D eigenvalue weighted by Crippen LogP contribution is 2.42. The Kier molecular flexibility index (Phi) is 5.71. The van der Waals surface area contributed by atoms with Crippen LogP contribution >= 0.6 is 0 Å². The molecular weight excluding hydrogens is 301 g/mol. The van der Waals surface area contributed by atoms with Gasteiger partial charge in [-0.05, 0) is 19.4 Å². The number of ketones is 1. The van der Waals surface area contributed by atoms with E-state index in [0.717, 1.165) is 19.1 Å². The van der Waals surface area contributed by atoms with Gasteiger partial charge in [-0.2, -0.15) is 13.2 Å². The van der Waals surface area contributed by atoms with Crippen LogP contribution in [0.1, 0.15) is 25.8 Å². The molecule has 7 heteroatoms. The predicted molar refractivity (Wildman–Crippen MR) is 71.8 cm³/mol. The normalized spacial score (nSPS) is 15.7. The number of rotatable bonds is 6. The van der Waals surface area contributed by atoms with Gasteiger partial charge in [-0.15, -0.1) is 0 Å². The van der Waals surface area contributed by atoms with E-state index in [1.54, 1.807) is 0 Å². The van der Waals surface area contributed by atoms with Crippen molar-refractivity contribution >= 4 is 11.8 Å². The van der Waals surface area contributed by atoms with E-state index in [2.05, 4.69) is 4.74 Å². The SMILES string of the molecule is CCOC(=O)[C@@H](C)C(=O)CC(O)(c1ccccc1)C(F)(F)F. The molecule has 0 radical (unpaired) electrons. The maximum Gasteiger partial charge on any atom is 0.421 e. The second-order valence-electron chi connectivity index (χ2n) is 4.84. The fraction of sp³-hybridized carbons (Fsp3) is 0.467. The van der Waals surface area contributed by atoms with Gasteiger partial charge in [-0.3, -0.25) is 9.59 Å². The summed E-state index contributed by atoms with van der Waals surface area (Å²) in [5.41, 5.74) is -3.79. The summed E-state index contributed by atoms with van der Waals surface area (Å²) < 4.78 is 44.3. The molecule has 1 unspecified atom stereocenters. The van der Waals surface area contributed by atoms with Gasteiger partial charge >= 0.3 is 12.1 Å². The quantitative estimate of drug-likeness (QED) is 0.647. The lowest BCUT2D eigenvalue weighted by Crippen LogP contribution is -2.45. The van der Waals surface area contributed by atoms with Gasteiger partial charge in [0.05, 0.1) is 6.61 Å². The van der Waals surface area contributed by atoms with Gasteiger partial charge in [0.2, 0.25) is 0 Å². The first-order chi connectivity index (χ1) is 10.1. The Hall–Kier alpha value is -1.89. The highest BCUT2D eigenvalue weighted by Gasteiger charge is 2.56. The molecule has 22 heavy (non-hydrogen) atoms. The number of esters is 1. The Bertz CT molecular complexity index is 527. The molecule has 1 N–H and O–H groups in total. The second-order valence-corrected chi connectivity index (χ2v) is 4.84. The van der Waals surface area contributed by atoms with Crippen LogP contribution in [-0.2, 0) is 19.9 Å². The summed E-state index contributed by atoms with van der Waals surface area (Å²) in [5.74, 6) is -3.33. The van der Waals surface area contributed by atoms with Gasteiger partial charge in [0, 0.05) is 6.42 Å². The van der Waals surface area contributed by atoms with E-state index >= 15 is 0 Å². The maximum atomic E-state index is 13.2. The molecule has 0 heterocycles. The Morgan fingerprint density at radius 2 is 1.77 bits per heavy atom. The summed E-state index contributed by atoms with van der Waals surface area (Å²) in [5, 5.41) is 10.1. The summed E-state index contributed by atoms with van der Waals surface area (Å²) >= 11 is 0. The lowest BCUT2D eigenvalue weighted by atomic mass is 9.85. The smallest absolute Gasteiger partial charge is 0.421 e. The highest BCUT2D eigenvalue weighted by atomic mass is 19.4. The molecule has 1 rings (SSSR count). The van der Waals surface area contributed by atoms with E-state index in [9.17, 15) is 27.9 Å². The third-order valence-electron chi connectivity index (χ3n) is 3.27. The van der Waals surface area contributed by atoms with Gasteiger partial charge in [0.25, 0.3) is 0 Å². The largest absolute Gasteiger partial charge is 0.465 e. The minimum absolute atomic E-state index is 0.0126. The molecule has 0 spiro atoms. The van der Waals surface area contributed by atoms with Crippen LogP contribution in [0.15, 0.2) is 30.3 Å². The molecule has 4 nitrogen and oxygen atoms in total. The molecule has 0 aliphatic rings. The second kappa shape index (κ2) is 6.91. The number of benzene rings is 1. The number of hydrogen-bond donors (Lipinski definition) is 1. The van der Waals surface area contributed by atoms with Gasteiger partial charge in [0.15, 0.2) is 5.60 Å². The molecule has 0 aliphatic carbocycles. The standard InChI is InChI=1S/C15H17F3O4/c1-3-22-13(20)10(2)12(19)9-14(21,15(16,17)18)11-7-5-4-6-8-11/h4-8,10,21H,3,9H2,1-2H3/t10-,14?/m0/s1. The van der Waals surface area contributed by atoms with E-state index in [-0.39, 0.29) is 6.61 Å². The number of carbonyl (C=O) groups is 2. The molecule has 0 saturated heterocycles. The zero-order valence-electron chi connectivity index (χ0n) is 12.2. The monoisotopic (exact) mass is 318 g/mol. The van der Waals surface area contributed by atoms with Crippen molar-refractivity contribution in [3.8, 4) is 0 Å². The number of carbonyl (C=O) groups excluding carboxylic acids is 2. The van der Waals surface area contributed by atoms with Crippen LogP contribution in [0.2, 0.25) is 0 Å². The lowest BCUT2D eigenvalue weighted by molar-refractivity contribution is -0.267. The maximum absolute atomic E-state index is 13.2. The van der Waals surface area contributed by atoms with Gasteiger partial charge in [0.1, 0.15) is 11.7 Å². The number of Topliss-reactive ketones (excluding diaryl/α,β-unsaturated/α-hetero) is 1. The minimum atomic E-state index is -5.06. The topological polar surface area (TPSA) is 63.6 Å². The lowest BCUT2D eigenvalue weighted by Gasteiger charge is -2.31. The number of ether oxygens (including phenoxy) is 1. The summed E-state index contributed by atoms with van der Waals surface area (Å²) in [7, 11) is 0. The summed E-state index contributed by atoms with van der Waals surface area (Å²) in [6, 6.07) is 6.30. The van der Waals surface area contributed by atoms with Crippen LogP contribution in [0.3, 0.4) is 0 Å². The van der Waals surface area contributed by atoms with Crippen molar-refractivity contribution in [2.45, 2.75) is 32.0 Å². The molecule has 0 aromatic heterocycles. The first-order valence-electron chi connectivity index (χ1n) is 6.67. The van der Waals surface area contributed by atoms with E-state index in [4.69, 9.17) is 0 Å². The van der Waals surface area contributed by atoms with Crippen LogP contribution in [0.5, 0.6) is 0 Å². The van der Waals surface area contributed by atoms with Crippen LogP contribution < -0.4 is 0 Å². The molecule has 1 aromatic carbocycles. The Balaban J connectivity index is 3.06. The van der Waals surface area contributed by atoms with Gasteiger partial charge < -0.3 is 9.84 Å². The summed E-state index contributed by atoms with van der Waals surface area (Å²) in [6.07, 6.45) is -6.31. The molecule has 122 valence electrons. The third-order valence-corrected chi connectivity index (χ3v) is 3.27. The van der Waals surface area contributed by atoms with Gasteiger partial charge in [-0.25, -0.2) is 0 Å². The molecule has 0 bridgehead atoms. The molecule has 0 saturated carbocycles. The molecule has 2 atom stereocenters. The molecule has 0 aliphatic heterocycles. The van der Waals surface area contributed by atoms with Crippen molar-refractivity contribution in [1.82, 2.24) is 0 Å². The van der Waals surface area contributed by atoms with Crippen molar-refractivity contribution in [3.63, 3.8) is 0 Å². The highest BCUT2D eigenvalue weighted by molar-refractivity contribution is 5.99. The zero-order chi connectivity index (χ0) is 17.0. The first kappa shape index (κ1) is 18.2. The van der Waals surface area contributed by atoms with E-state index in [1.807, 2.05) is 0 Å². The van der Waals surface area contributed by atoms with Crippen LogP contribution in [0.4, 0.5) is 13.2 Å². The number of halogens is 3. The Labute approximate surface area is 125 Å². The number of alkyl halides is 3. The number of hydrogen-bond acceptors (Lipinski definition) is 4. The van der Waals surface area contributed by atoms with Crippen molar-refractivity contribution in [2.24, 2.45) is 5.92 Å². The van der Waals surface area contributed by atoms with Crippen LogP contribution in [0, 0.1) is 5.92 Å². The summed E-state index contributed by atoms with van der Waals surface area (Å²) in [6.45, 7) is 2.69. The molecular formula is C15H17F3O4. The Morgan fingerprint density at radius 3 is 2.23 bits per heavy atom. The summed E-state index contributed by atoms with van der Waals surface area (Å²) in [4.78, 5) is 23.4. The van der Waals surface area contributed by atoms with Crippen molar-refractivity contribution in [3.05, 3.63) is 35.9 Å². The van der Waals surface area contributed by atoms with E-state index in [0.29, 0.717) is 0 Å². The van der Waals surface area contributed by atoms with Crippen molar-refractivity contribution in [1.29, 1.82) is 0 Å². The average Bonchev–Trinajstić information content (AvgIpc) is 2.46. The average molecular weight is 318 g/mol. The zero-order valence-corrected chi connectivity index (χ0v) is 12.2. The van der Waals surface area contributed by atoms with E-state index in [1.165, 1.54) is 25.1 Å². The predicted octanol–water partition coefficient (Wildman–Crippen LogP) is 2.59. The van der Waals surface area contributed by atoms with E-state index < -0.39 is 41.4 Å². The van der Waals surface area contributed by atoms with Crippen LogP contribution in [-0.4, -0.2) is 29.6 Å². The van der Waals surface area contributed by atoms with Gasteiger partial charge in [-0.1, -0.05) is 30.3 Å². The minimum Gasteiger partial charge on any atom is -0.465 e. The fourth-order valence-corrected chi connectivity index (χ4v) is 1.88. The van der Waals surface area contributed by atoms with Crippen molar-refractivity contribution in [2.75, 3.05) is 6.61 Å². The third kappa shape index (κ3) is 3.85. The Morgan fingerprint density at radius 1 is 1.23 bits per heavy atom. The van der Waals surface area contributed by atoms with Crippen LogP contribution in [0.25, 0.3) is 0 Å². The first-order valence-corrected chi connectivity index (χ1v) is 6.67. The molecule has 0 fully saturated rings. The molecule has 0 amide bonds. The number of aliphatic hydroxyl groups is 1. The molecule has 1 aromatic rings. The van der Waals surface area contributed by atoms with Crippen molar-refractivity contribution < 1.29 is 32.6 Å².